The van der Waals surface area contributed by atoms with Crippen molar-refractivity contribution in [1.29, 1.82) is 0 Å². The second-order valence-corrected chi connectivity index (χ2v) is 17.4. The molecule has 55 heavy (non-hydrogen) atoms. The molecule has 7 aromatic carbocycles. The highest BCUT2D eigenvalue weighted by Crippen LogP contribution is 2.43. The lowest BCUT2D eigenvalue weighted by atomic mass is 9.34. The second kappa shape index (κ2) is 11.2. The Kier molecular flexibility index (Phi) is 6.55. The zero-order chi connectivity index (χ0) is 37.4. The molecule has 0 saturated carbocycles. The molecule has 4 nitrogen and oxygen atoms in total. The fourth-order valence-electron chi connectivity index (χ4n) is 9.18. The molecule has 266 valence electrons. The lowest BCUT2D eigenvalue weighted by molar-refractivity contribution is 0.463. The minimum Gasteiger partial charge on any atom is -0.458 e. The highest BCUT2D eigenvalue weighted by molar-refractivity contribution is 6.98. The van der Waals surface area contributed by atoms with Crippen LogP contribution in [0.2, 0.25) is 0 Å². The number of rotatable bonds is 2. The van der Waals surface area contributed by atoms with Gasteiger partial charge in [0.25, 0.3) is 6.71 Å². The number of para-hydroxylation sites is 4. The Morgan fingerprint density at radius 1 is 0.436 bits per heavy atom. The van der Waals surface area contributed by atoms with Crippen LogP contribution in [-0.2, 0) is 10.8 Å². The molecule has 9 aromatic rings. The number of hydrogen-bond donors (Lipinski definition) is 0. The molecular formula is C50H41BN2O2. The Hall–Kier alpha value is -6.20. The molecule has 2 aliphatic rings. The van der Waals surface area contributed by atoms with Gasteiger partial charge in [0.2, 0.25) is 0 Å². The van der Waals surface area contributed by atoms with Crippen LogP contribution >= 0.6 is 0 Å². The van der Waals surface area contributed by atoms with Crippen molar-refractivity contribution in [3.05, 3.63) is 151 Å². The SMILES string of the molecule is CC(C)(C)c1ccc2c(c1)B1c3cc(C(C)(C)C)ccc3Oc3cc(-n4c5ccccc5c5cccc(-n6c7ccccc7c7ccccc76)c54)cc(c31)O2. The molecule has 2 aromatic heterocycles. The molecule has 0 atom stereocenters. The van der Waals surface area contributed by atoms with Crippen LogP contribution in [0, 0.1) is 0 Å². The average Bonchev–Trinajstić information content (AvgIpc) is 3.70. The van der Waals surface area contributed by atoms with Crippen molar-refractivity contribution in [2.45, 2.75) is 52.4 Å². The van der Waals surface area contributed by atoms with Crippen LogP contribution in [0.25, 0.3) is 55.0 Å². The van der Waals surface area contributed by atoms with Gasteiger partial charge in [0, 0.05) is 39.1 Å². The Bertz CT molecular complexity index is 2940. The van der Waals surface area contributed by atoms with Gasteiger partial charge in [-0.2, -0.15) is 0 Å². The van der Waals surface area contributed by atoms with Crippen molar-refractivity contribution in [3.8, 4) is 34.4 Å². The van der Waals surface area contributed by atoms with Gasteiger partial charge in [-0.15, -0.1) is 0 Å². The molecule has 0 amide bonds. The fourth-order valence-corrected chi connectivity index (χ4v) is 9.18. The second-order valence-electron chi connectivity index (χ2n) is 17.4. The zero-order valence-electron chi connectivity index (χ0n) is 32.1. The van der Waals surface area contributed by atoms with E-state index in [9.17, 15) is 0 Å². The topological polar surface area (TPSA) is 28.3 Å². The summed E-state index contributed by atoms with van der Waals surface area (Å²) in [7, 11) is 0. The van der Waals surface area contributed by atoms with Gasteiger partial charge in [0.05, 0.1) is 33.4 Å². The third kappa shape index (κ3) is 4.65. The lowest BCUT2D eigenvalue weighted by Crippen LogP contribution is -2.57. The highest BCUT2D eigenvalue weighted by Gasteiger charge is 2.42. The van der Waals surface area contributed by atoms with E-state index in [4.69, 9.17) is 9.47 Å². The molecule has 0 radical (unpaired) electrons. The number of nitrogens with zero attached hydrogens (tertiary/aromatic N) is 2. The van der Waals surface area contributed by atoms with Gasteiger partial charge >= 0.3 is 0 Å². The summed E-state index contributed by atoms with van der Waals surface area (Å²) in [5.41, 5.74) is 12.8. The van der Waals surface area contributed by atoms with E-state index in [1.807, 2.05) is 0 Å². The first-order chi connectivity index (χ1) is 26.5. The molecule has 0 aliphatic carbocycles. The first-order valence-electron chi connectivity index (χ1n) is 19.4. The van der Waals surface area contributed by atoms with Gasteiger partial charge in [-0.1, -0.05) is 133 Å². The molecule has 2 aliphatic heterocycles. The standard InChI is InChI=1S/C50H41BN2O2/c1-49(2,3)30-22-24-43-37(26-30)51-38-27-31(50(4,5)6)23-25-44(38)55-46-29-32(28-45(54-43)47(46)51)52-39-18-10-9-16-35(39)36-17-13-21-42(48(36)52)53-40-19-11-7-14-33(40)34-15-8-12-20-41(34)53/h7-29H,1-6H3. The van der Waals surface area contributed by atoms with Gasteiger partial charge in [0.15, 0.2) is 0 Å². The third-order valence-electron chi connectivity index (χ3n) is 11.9. The number of fused-ring (bicyclic) bond motifs is 10. The maximum absolute atomic E-state index is 6.99. The smallest absolute Gasteiger partial charge is 0.260 e. The van der Waals surface area contributed by atoms with Crippen LogP contribution in [0.3, 0.4) is 0 Å². The van der Waals surface area contributed by atoms with Crippen molar-refractivity contribution in [1.82, 2.24) is 9.13 Å². The van der Waals surface area contributed by atoms with E-state index in [0.29, 0.717) is 0 Å². The molecule has 0 unspecified atom stereocenters. The summed E-state index contributed by atoms with van der Waals surface area (Å²) in [6.45, 7) is 13.6. The van der Waals surface area contributed by atoms with E-state index in [1.165, 1.54) is 54.6 Å². The predicted octanol–water partition coefficient (Wildman–Crippen LogP) is 11.2. The Morgan fingerprint density at radius 3 is 1.40 bits per heavy atom. The van der Waals surface area contributed by atoms with E-state index in [2.05, 4.69) is 190 Å². The monoisotopic (exact) mass is 712 g/mol. The Labute approximate surface area is 321 Å². The first-order valence-corrected chi connectivity index (χ1v) is 19.4. The van der Waals surface area contributed by atoms with Crippen LogP contribution < -0.4 is 25.9 Å². The number of ether oxygens (including phenoxy) is 2. The zero-order valence-corrected chi connectivity index (χ0v) is 32.1. The van der Waals surface area contributed by atoms with E-state index in [-0.39, 0.29) is 17.5 Å². The minimum absolute atomic E-state index is 0.00609. The summed E-state index contributed by atoms with van der Waals surface area (Å²) < 4.78 is 18.8. The van der Waals surface area contributed by atoms with Crippen LogP contribution in [-0.4, -0.2) is 15.8 Å². The van der Waals surface area contributed by atoms with Gasteiger partial charge < -0.3 is 18.6 Å². The molecular weight excluding hydrogens is 671 g/mol. The Morgan fingerprint density at radius 2 is 0.891 bits per heavy atom. The third-order valence-corrected chi connectivity index (χ3v) is 11.9. The summed E-state index contributed by atoms with van der Waals surface area (Å²) in [6.07, 6.45) is 0. The first kappa shape index (κ1) is 32.3. The lowest BCUT2D eigenvalue weighted by Gasteiger charge is -2.35. The quantitative estimate of drug-likeness (QED) is 0.167. The van der Waals surface area contributed by atoms with Crippen LogP contribution in [0.5, 0.6) is 23.0 Å². The Balaban J connectivity index is 1.21. The fraction of sp³-hybridized carbons (Fsp3) is 0.160. The molecule has 0 N–H and O–H groups in total. The van der Waals surface area contributed by atoms with E-state index < -0.39 is 0 Å². The van der Waals surface area contributed by atoms with Crippen molar-refractivity contribution in [2.75, 3.05) is 0 Å². The van der Waals surface area contributed by atoms with E-state index in [1.54, 1.807) is 0 Å². The molecule has 4 heterocycles. The number of aromatic nitrogens is 2. The van der Waals surface area contributed by atoms with Crippen molar-refractivity contribution < 1.29 is 9.47 Å². The molecule has 0 spiro atoms. The maximum atomic E-state index is 6.99. The summed E-state index contributed by atoms with van der Waals surface area (Å²) >= 11 is 0. The van der Waals surface area contributed by atoms with Crippen molar-refractivity contribution in [3.63, 3.8) is 0 Å². The van der Waals surface area contributed by atoms with Crippen molar-refractivity contribution >= 4 is 66.7 Å². The van der Waals surface area contributed by atoms with Gasteiger partial charge in [-0.05, 0) is 69.3 Å². The number of hydrogen-bond acceptors (Lipinski definition) is 2. The maximum Gasteiger partial charge on any atom is 0.260 e. The minimum atomic E-state index is -0.0255. The van der Waals surface area contributed by atoms with Gasteiger partial charge in [-0.25, -0.2) is 0 Å². The van der Waals surface area contributed by atoms with E-state index in [0.717, 1.165) is 50.9 Å². The van der Waals surface area contributed by atoms with Crippen LogP contribution in [0.4, 0.5) is 0 Å². The predicted molar refractivity (Wildman–Crippen MR) is 230 cm³/mol. The molecule has 11 rings (SSSR count). The molecule has 0 fully saturated rings. The van der Waals surface area contributed by atoms with Crippen LogP contribution in [0.15, 0.2) is 140 Å². The van der Waals surface area contributed by atoms with E-state index >= 15 is 0 Å². The largest absolute Gasteiger partial charge is 0.458 e. The van der Waals surface area contributed by atoms with Crippen LogP contribution in [0.1, 0.15) is 52.7 Å². The van der Waals surface area contributed by atoms with Gasteiger partial charge in [0.1, 0.15) is 23.0 Å². The summed E-state index contributed by atoms with van der Waals surface area (Å²) in [6, 6.07) is 50.9. The van der Waals surface area contributed by atoms with Crippen molar-refractivity contribution in [2.24, 2.45) is 0 Å². The normalized spacial score (nSPS) is 13.5. The highest BCUT2D eigenvalue weighted by atomic mass is 16.5. The molecule has 5 heteroatoms. The summed E-state index contributed by atoms with van der Waals surface area (Å²) in [5, 5.41) is 4.88. The number of benzene rings is 7. The summed E-state index contributed by atoms with van der Waals surface area (Å²) in [4.78, 5) is 0. The van der Waals surface area contributed by atoms with Gasteiger partial charge in [-0.3, -0.25) is 0 Å². The molecule has 0 bridgehead atoms. The average molecular weight is 713 g/mol. The summed E-state index contributed by atoms with van der Waals surface area (Å²) in [5.74, 6) is 3.47. The molecule has 0 saturated heterocycles.